The van der Waals surface area contributed by atoms with Gasteiger partial charge in [0.1, 0.15) is 23.7 Å². The van der Waals surface area contributed by atoms with Crippen LogP contribution in [0.25, 0.3) is 6.08 Å². The van der Waals surface area contributed by atoms with Crippen molar-refractivity contribution >= 4 is 18.0 Å². The smallest absolute Gasteiger partial charge is 0.344 e. The number of allylic oxidation sites excluding steroid dienone is 1. The van der Waals surface area contributed by atoms with Crippen LogP contribution in [0.3, 0.4) is 0 Å². The Morgan fingerprint density at radius 1 is 1.15 bits per heavy atom. The molecule has 1 heterocycles. The summed E-state index contributed by atoms with van der Waals surface area (Å²) in [6.07, 6.45) is 3.84. The molecule has 0 aliphatic heterocycles. The molecular weight excluding hydrogens is 352 g/mol. The Labute approximate surface area is 157 Å². The summed E-state index contributed by atoms with van der Waals surface area (Å²) in [5.41, 5.74) is 1.25. The van der Waals surface area contributed by atoms with Crippen molar-refractivity contribution < 1.29 is 33.0 Å². The van der Waals surface area contributed by atoms with Gasteiger partial charge in [0, 0.05) is 0 Å². The number of carbonyl (C=O) groups is 2. The van der Waals surface area contributed by atoms with Gasteiger partial charge in [-0.25, -0.2) is 9.59 Å². The van der Waals surface area contributed by atoms with Gasteiger partial charge in [-0.15, -0.1) is 0 Å². The van der Waals surface area contributed by atoms with Crippen LogP contribution in [-0.4, -0.2) is 32.8 Å². The molecule has 0 atom stereocenters. The van der Waals surface area contributed by atoms with E-state index < -0.39 is 11.9 Å². The summed E-state index contributed by atoms with van der Waals surface area (Å²) in [6, 6.07) is 6.86. The number of aryl methyl sites for hydroxylation is 1. The molecule has 7 nitrogen and oxygen atoms in total. The quantitative estimate of drug-likeness (QED) is 0.653. The van der Waals surface area contributed by atoms with Gasteiger partial charge in [0.15, 0.2) is 18.1 Å². The number of furan rings is 1. The molecule has 1 aromatic carbocycles. The summed E-state index contributed by atoms with van der Waals surface area (Å²) >= 11 is 0. The van der Waals surface area contributed by atoms with Crippen molar-refractivity contribution in [2.75, 3.05) is 20.8 Å². The summed E-state index contributed by atoms with van der Waals surface area (Å²) in [5.74, 6) is 0.603. The number of benzene rings is 1. The number of rotatable bonds is 8. The van der Waals surface area contributed by atoms with Crippen molar-refractivity contribution in [2.24, 2.45) is 0 Å². The maximum absolute atomic E-state index is 11.9. The molecule has 0 fully saturated rings. The predicted octanol–water partition coefficient (Wildman–Crippen LogP) is 3.54. The lowest BCUT2D eigenvalue weighted by Gasteiger charge is -2.11. The fourth-order valence-corrected chi connectivity index (χ4v) is 2.36. The summed E-state index contributed by atoms with van der Waals surface area (Å²) in [6.45, 7) is 3.15. The first-order valence-corrected chi connectivity index (χ1v) is 8.25. The van der Waals surface area contributed by atoms with E-state index in [0.717, 1.165) is 5.56 Å². The second kappa shape index (κ2) is 9.47. The summed E-state index contributed by atoms with van der Waals surface area (Å²) < 4.78 is 25.9. The van der Waals surface area contributed by atoms with Gasteiger partial charge in [-0.2, -0.15) is 0 Å². The van der Waals surface area contributed by atoms with E-state index in [1.54, 1.807) is 19.1 Å². The molecule has 0 bridgehead atoms. The lowest BCUT2D eigenvalue weighted by Crippen LogP contribution is -2.15. The van der Waals surface area contributed by atoms with Crippen LogP contribution in [0.2, 0.25) is 0 Å². The van der Waals surface area contributed by atoms with Gasteiger partial charge in [-0.3, -0.25) is 0 Å². The monoisotopic (exact) mass is 374 g/mol. The fraction of sp³-hybridized carbons (Fsp3) is 0.300. The number of carbonyl (C=O) groups excluding carboxylic acids is 2. The molecule has 2 rings (SSSR count). The highest BCUT2D eigenvalue weighted by atomic mass is 16.6. The molecule has 2 aromatic rings. The Morgan fingerprint density at radius 3 is 2.59 bits per heavy atom. The zero-order valence-corrected chi connectivity index (χ0v) is 15.7. The molecule has 1 aromatic heterocycles. The number of esters is 2. The van der Waals surface area contributed by atoms with Gasteiger partial charge in [-0.05, 0) is 37.6 Å². The standard InChI is InChI=1S/C20H22O7/c1-5-6-14-7-8-17(18(9-14)23-3)25-12-19(21)26-11-15-10-16(13(2)27-15)20(22)24-4/h5-10H,11-12H2,1-4H3. The van der Waals surface area contributed by atoms with Crippen molar-refractivity contribution in [3.8, 4) is 11.5 Å². The zero-order valence-electron chi connectivity index (χ0n) is 15.7. The van der Waals surface area contributed by atoms with Crippen LogP contribution in [0.15, 0.2) is 34.8 Å². The molecule has 0 spiro atoms. The van der Waals surface area contributed by atoms with Crippen LogP contribution in [0.1, 0.15) is 34.4 Å². The van der Waals surface area contributed by atoms with E-state index in [1.165, 1.54) is 20.3 Å². The predicted molar refractivity (Wildman–Crippen MR) is 97.8 cm³/mol. The lowest BCUT2D eigenvalue weighted by atomic mass is 10.2. The Hall–Kier alpha value is -3.22. The lowest BCUT2D eigenvalue weighted by molar-refractivity contribution is -0.147. The Morgan fingerprint density at radius 2 is 1.93 bits per heavy atom. The topological polar surface area (TPSA) is 84.2 Å². The van der Waals surface area contributed by atoms with Crippen molar-refractivity contribution in [3.63, 3.8) is 0 Å². The highest BCUT2D eigenvalue weighted by molar-refractivity contribution is 5.90. The SMILES string of the molecule is CC=Cc1ccc(OCC(=O)OCc2cc(C(=O)OC)c(C)o2)c(OC)c1. The Balaban J connectivity index is 1.91. The first-order valence-electron chi connectivity index (χ1n) is 8.25. The van der Waals surface area contributed by atoms with Crippen molar-refractivity contribution in [2.45, 2.75) is 20.5 Å². The van der Waals surface area contributed by atoms with E-state index >= 15 is 0 Å². The molecule has 0 saturated carbocycles. The Bertz CT molecular complexity index is 833. The largest absolute Gasteiger partial charge is 0.493 e. The van der Waals surface area contributed by atoms with Crippen LogP contribution < -0.4 is 9.47 Å². The van der Waals surface area contributed by atoms with Gasteiger partial charge >= 0.3 is 11.9 Å². The van der Waals surface area contributed by atoms with E-state index in [4.69, 9.17) is 18.6 Å². The molecule has 0 aliphatic carbocycles. The second-order valence-corrected chi connectivity index (χ2v) is 5.53. The Kier molecular flexibility index (Phi) is 7.05. The van der Waals surface area contributed by atoms with E-state index in [9.17, 15) is 9.59 Å². The molecule has 0 radical (unpaired) electrons. The summed E-state index contributed by atoms with van der Waals surface area (Å²) in [7, 11) is 2.81. The van der Waals surface area contributed by atoms with E-state index in [2.05, 4.69) is 4.74 Å². The third-order valence-electron chi connectivity index (χ3n) is 3.64. The number of hydrogen-bond acceptors (Lipinski definition) is 7. The minimum Gasteiger partial charge on any atom is -0.493 e. The van der Waals surface area contributed by atoms with Gasteiger partial charge in [0.25, 0.3) is 0 Å². The van der Waals surface area contributed by atoms with Crippen LogP contribution in [0.4, 0.5) is 0 Å². The minimum absolute atomic E-state index is 0.114. The van der Waals surface area contributed by atoms with E-state index in [-0.39, 0.29) is 13.2 Å². The minimum atomic E-state index is -0.580. The van der Waals surface area contributed by atoms with Crippen molar-refractivity contribution in [1.29, 1.82) is 0 Å². The first kappa shape index (κ1) is 20.1. The average Bonchev–Trinajstić information content (AvgIpc) is 3.05. The number of hydrogen-bond donors (Lipinski definition) is 0. The van der Waals surface area contributed by atoms with Gasteiger partial charge in [-0.1, -0.05) is 18.2 Å². The fourth-order valence-electron chi connectivity index (χ4n) is 2.36. The van der Waals surface area contributed by atoms with E-state index in [0.29, 0.717) is 28.6 Å². The molecule has 0 N–H and O–H groups in total. The molecule has 144 valence electrons. The highest BCUT2D eigenvalue weighted by Gasteiger charge is 2.16. The molecule has 0 aliphatic rings. The normalized spacial score (nSPS) is 10.7. The van der Waals surface area contributed by atoms with Crippen molar-refractivity contribution in [3.05, 3.63) is 53.0 Å². The van der Waals surface area contributed by atoms with Gasteiger partial charge in [0.2, 0.25) is 0 Å². The third kappa shape index (κ3) is 5.37. The molecular formula is C20H22O7. The molecule has 0 amide bonds. The maximum atomic E-state index is 11.9. The van der Waals surface area contributed by atoms with Crippen LogP contribution >= 0.6 is 0 Å². The van der Waals surface area contributed by atoms with Crippen LogP contribution in [0.5, 0.6) is 11.5 Å². The molecule has 0 unspecified atom stereocenters. The zero-order chi connectivity index (χ0) is 19.8. The summed E-state index contributed by atoms with van der Waals surface area (Å²) in [4.78, 5) is 23.5. The average molecular weight is 374 g/mol. The molecule has 27 heavy (non-hydrogen) atoms. The van der Waals surface area contributed by atoms with Gasteiger partial charge < -0.3 is 23.4 Å². The third-order valence-corrected chi connectivity index (χ3v) is 3.64. The highest BCUT2D eigenvalue weighted by Crippen LogP contribution is 2.28. The first-order chi connectivity index (χ1) is 13.0. The number of methoxy groups -OCH3 is 2. The summed E-state index contributed by atoms with van der Waals surface area (Å²) in [5, 5.41) is 0. The van der Waals surface area contributed by atoms with Crippen molar-refractivity contribution in [1.82, 2.24) is 0 Å². The second-order valence-electron chi connectivity index (χ2n) is 5.53. The maximum Gasteiger partial charge on any atom is 0.344 e. The number of ether oxygens (including phenoxy) is 4. The molecule has 0 saturated heterocycles. The van der Waals surface area contributed by atoms with E-state index in [1.807, 2.05) is 25.1 Å². The van der Waals surface area contributed by atoms with Crippen LogP contribution in [-0.2, 0) is 20.9 Å². The molecule has 7 heteroatoms. The van der Waals surface area contributed by atoms with Gasteiger partial charge in [0.05, 0.1) is 14.2 Å². The van der Waals surface area contributed by atoms with Crippen LogP contribution in [0, 0.1) is 6.92 Å².